The van der Waals surface area contributed by atoms with E-state index in [-0.39, 0.29) is 48.0 Å². The number of benzene rings is 2. The highest BCUT2D eigenvalue weighted by Crippen LogP contribution is 2.19. The fraction of sp³-hybridized carbons (Fsp3) is 0.444. The van der Waals surface area contributed by atoms with Crippen molar-refractivity contribution < 1.29 is 24.5 Å². The number of piperidine rings is 1. The summed E-state index contributed by atoms with van der Waals surface area (Å²) < 4.78 is 13.1. The molecule has 1 aliphatic heterocycles. The molecule has 2 unspecified atom stereocenters. The number of carbonyl (C=O) groups is 3. The van der Waals surface area contributed by atoms with Crippen molar-refractivity contribution in [3.63, 3.8) is 0 Å². The molecule has 0 radical (unpaired) electrons. The lowest BCUT2D eigenvalue weighted by Crippen LogP contribution is -2.69. The van der Waals surface area contributed by atoms with Gasteiger partial charge in [0.25, 0.3) is 5.91 Å². The van der Waals surface area contributed by atoms with Crippen molar-refractivity contribution in [2.45, 2.75) is 51.7 Å². The molecule has 0 aromatic heterocycles. The lowest BCUT2D eigenvalue weighted by Gasteiger charge is -2.33. The average Bonchev–Trinajstić information content (AvgIpc) is 2.86. The van der Waals surface area contributed by atoms with Gasteiger partial charge in [0.1, 0.15) is 11.9 Å². The number of halogens is 1. The van der Waals surface area contributed by atoms with Crippen molar-refractivity contribution >= 4 is 17.7 Å². The van der Waals surface area contributed by atoms with E-state index in [1.807, 2.05) is 44.2 Å². The smallest absolute Gasteiger partial charge is 0.281 e. The van der Waals surface area contributed by atoms with E-state index in [1.165, 1.54) is 12.1 Å². The minimum Gasteiger partial charge on any atom is -0.350 e. The Morgan fingerprint density at radius 2 is 1.63 bits per heavy atom. The van der Waals surface area contributed by atoms with E-state index < -0.39 is 6.04 Å². The van der Waals surface area contributed by atoms with E-state index in [4.69, 9.17) is 0 Å². The van der Waals surface area contributed by atoms with Gasteiger partial charge in [0, 0.05) is 32.0 Å². The summed E-state index contributed by atoms with van der Waals surface area (Å²) in [6.45, 7) is 5.02. The molecule has 2 aromatic carbocycles. The van der Waals surface area contributed by atoms with Gasteiger partial charge >= 0.3 is 0 Å². The molecular formula is C27H36FN4O3+. The van der Waals surface area contributed by atoms with Crippen molar-refractivity contribution in [1.29, 1.82) is 0 Å². The zero-order valence-corrected chi connectivity index (χ0v) is 20.5. The summed E-state index contributed by atoms with van der Waals surface area (Å²) in [6.07, 6.45) is 1.69. The monoisotopic (exact) mass is 483 g/mol. The number of hydrogen-bond donors (Lipinski definition) is 3. The van der Waals surface area contributed by atoms with Crippen LogP contribution in [0, 0.1) is 17.7 Å². The largest absolute Gasteiger partial charge is 0.350 e. The van der Waals surface area contributed by atoms with Crippen LogP contribution in [-0.2, 0) is 27.3 Å². The quantitative estimate of drug-likeness (QED) is 0.505. The SMILES string of the molecule is CC(C)C(NC(=O)C1CCN(C(=O)C([NH3+])Cc2ccccc2)CC1)C(=O)NCc1ccc(F)cc1. The standard InChI is InChI=1S/C27H35FN4O3/c1-18(2)24(26(34)30-17-20-8-10-22(28)11-9-20)31-25(33)21-12-14-32(15-13-21)27(35)23(29)16-19-6-4-3-5-7-19/h3-11,18,21,23-24H,12-17,29H2,1-2H3,(H,30,34)(H,31,33)/p+1. The molecule has 1 saturated heterocycles. The Labute approximate surface area is 206 Å². The van der Waals surface area contributed by atoms with Crippen molar-refractivity contribution in [3.05, 3.63) is 71.5 Å². The molecule has 0 saturated carbocycles. The minimum atomic E-state index is -0.669. The van der Waals surface area contributed by atoms with Crippen LogP contribution < -0.4 is 16.4 Å². The maximum atomic E-state index is 13.1. The van der Waals surface area contributed by atoms with Crippen LogP contribution in [-0.4, -0.2) is 47.8 Å². The third kappa shape index (κ3) is 7.62. The Morgan fingerprint density at radius 1 is 1.00 bits per heavy atom. The molecule has 35 heavy (non-hydrogen) atoms. The van der Waals surface area contributed by atoms with Crippen molar-refractivity contribution in [2.75, 3.05) is 13.1 Å². The molecule has 0 bridgehead atoms. The van der Waals surface area contributed by atoms with Gasteiger partial charge in [0.15, 0.2) is 6.04 Å². The summed E-state index contributed by atoms with van der Waals surface area (Å²) >= 11 is 0. The maximum Gasteiger partial charge on any atom is 0.281 e. The topological polar surface area (TPSA) is 106 Å². The van der Waals surface area contributed by atoms with E-state index in [9.17, 15) is 18.8 Å². The molecule has 0 spiro atoms. The second kappa shape index (κ2) is 12.4. The lowest BCUT2D eigenvalue weighted by atomic mass is 9.93. The first-order chi connectivity index (χ1) is 16.7. The number of hydrogen-bond acceptors (Lipinski definition) is 3. The van der Waals surface area contributed by atoms with Gasteiger partial charge in [-0.25, -0.2) is 4.39 Å². The van der Waals surface area contributed by atoms with Crippen LogP contribution in [0.3, 0.4) is 0 Å². The van der Waals surface area contributed by atoms with E-state index >= 15 is 0 Å². The minimum absolute atomic E-state index is 0.00735. The third-order valence-electron chi connectivity index (χ3n) is 6.48. The normalized spacial score (nSPS) is 16.0. The van der Waals surface area contributed by atoms with Crippen molar-refractivity contribution in [2.24, 2.45) is 11.8 Å². The Balaban J connectivity index is 1.47. The number of nitrogens with zero attached hydrogens (tertiary/aromatic N) is 1. The van der Waals surface area contributed by atoms with Gasteiger partial charge in [-0.2, -0.15) is 0 Å². The molecule has 5 N–H and O–H groups in total. The molecule has 0 aliphatic carbocycles. The predicted octanol–water partition coefficient (Wildman–Crippen LogP) is 1.67. The van der Waals surface area contributed by atoms with E-state index in [1.54, 1.807) is 17.0 Å². The number of likely N-dealkylation sites (tertiary alicyclic amines) is 1. The molecular weight excluding hydrogens is 447 g/mol. The summed E-state index contributed by atoms with van der Waals surface area (Å²) in [5.41, 5.74) is 5.91. The zero-order valence-electron chi connectivity index (χ0n) is 20.5. The van der Waals surface area contributed by atoms with Crippen LogP contribution >= 0.6 is 0 Å². The van der Waals surface area contributed by atoms with Gasteiger partial charge in [0.05, 0.1) is 0 Å². The molecule has 2 aromatic rings. The Kier molecular flexibility index (Phi) is 9.37. The van der Waals surface area contributed by atoms with Crippen LogP contribution in [0.25, 0.3) is 0 Å². The number of nitrogens with one attached hydrogen (secondary N) is 2. The van der Waals surface area contributed by atoms with Gasteiger partial charge in [0.2, 0.25) is 11.8 Å². The summed E-state index contributed by atoms with van der Waals surface area (Å²) in [5.74, 6) is -1.11. The predicted molar refractivity (Wildman–Crippen MR) is 131 cm³/mol. The first-order valence-electron chi connectivity index (χ1n) is 12.2. The number of amides is 3. The second-order valence-corrected chi connectivity index (χ2v) is 9.56. The fourth-order valence-electron chi connectivity index (χ4n) is 4.31. The summed E-state index contributed by atoms with van der Waals surface area (Å²) in [5, 5.41) is 5.73. The second-order valence-electron chi connectivity index (χ2n) is 9.56. The molecule has 1 aliphatic rings. The molecule has 2 atom stereocenters. The number of quaternary nitrogens is 1. The lowest BCUT2D eigenvalue weighted by molar-refractivity contribution is -0.405. The van der Waals surface area contributed by atoms with Gasteiger partial charge in [-0.05, 0) is 42.0 Å². The molecule has 1 fully saturated rings. The highest BCUT2D eigenvalue weighted by atomic mass is 19.1. The van der Waals surface area contributed by atoms with Gasteiger partial charge in [-0.3, -0.25) is 14.4 Å². The average molecular weight is 484 g/mol. The first-order valence-corrected chi connectivity index (χ1v) is 12.2. The Hall–Kier alpha value is -3.26. The third-order valence-corrected chi connectivity index (χ3v) is 6.48. The van der Waals surface area contributed by atoms with Gasteiger partial charge in [-0.15, -0.1) is 0 Å². The molecule has 3 amide bonds. The number of rotatable bonds is 9. The van der Waals surface area contributed by atoms with E-state index in [0.29, 0.717) is 32.4 Å². The number of carbonyl (C=O) groups excluding carboxylic acids is 3. The van der Waals surface area contributed by atoms with Crippen LogP contribution in [0.4, 0.5) is 4.39 Å². The highest BCUT2D eigenvalue weighted by molar-refractivity contribution is 5.89. The van der Waals surface area contributed by atoms with Crippen LogP contribution in [0.1, 0.15) is 37.8 Å². The van der Waals surface area contributed by atoms with E-state index in [2.05, 4.69) is 16.4 Å². The molecule has 7 nitrogen and oxygen atoms in total. The Morgan fingerprint density at radius 3 is 2.23 bits per heavy atom. The molecule has 188 valence electrons. The molecule has 8 heteroatoms. The zero-order chi connectivity index (χ0) is 25.4. The summed E-state index contributed by atoms with van der Waals surface area (Å²) in [7, 11) is 0. The van der Waals surface area contributed by atoms with Crippen molar-refractivity contribution in [3.8, 4) is 0 Å². The highest BCUT2D eigenvalue weighted by Gasteiger charge is 2.33. The fourth-order valence-corrected chi connectivity index (χ4v) is 4.31. The van der Waals surface area contributed by atoms with Crippen LogP contribution in [0.2, 0.25) is 0 Å². The Bertz CT molecular complexity index is 989. The van der Waals surface area contributed by atoms with Crippen LogP contribution in [0.15, 0.2) is 54.6 Å². The van der Waals surface area contributed by atoms with Gasteiger partial charge in [-0.1, -0.05) is 56.3 Å². The molecule has 3 rings (SSSR count). The first kappa shape index (κ1) is 26.3. The summed E-state index contributed by atoms with van der Waals surface area (Å²) in [6, 6.07) is 14.7. The van der Waals surface area contributed by atoms with Crippen molar-refractivity contribution in [1.82, 2.24) is 15.5 Å². The summed E-state index contributed by atoms with van der Waals surface area (Å²) in [4.78, 5) is 40.3. The molecule has 1 heterocycles. The van der Waals surface area contributed by atoms with Crippen LogP contribution in [0.5, 0.6) is 0 Å². The maximum absolute atomic E-state index is 13.1. The van der Waals surface area contributed by atoms with E-state index in [0.717, 1.165) is 11.1 Å². The van der Waals surface area contributed by atoms with Gasteiger partial charge < -0.3 is 21.3 Å².